The van der Waals surface area contributed by atoms with Crippen molar-refractivity contribution in [2.45, 2.75) is 18.9 Å². The van der Waals surface area contributed by atoms with Crippen molar-refractivity contribution in [2.75, 3.05) is 0 Å². The van der Waals surface area contributed by atoms with Crippen LogP contribution in [0.4, 0.5) is 0 Å². The van der Waals surface area contributed by atoms with E-state index in [-0.39, 0.29) is 6.10 Å². The quantitative estimate of drug-likeness (QED) is 0.885. The molecule has 0 spiro atoms. The largest absolute Gasteiger partial charge is 0.392 e. The molecule has 17 heavy (non-hydrogen) atoms. The van der Waals surface area contributed by atoms with Gasteiger partial charge in [0.1, 0.15) is 0 Å². The molecule has 2 aromatic rings. The molecule has 1 unspecified atom stereocenters. The predicted octanol–water partition coefficient (Wildman–Crippen LogP) is 4.31. The first-order valence-electron chi connectivity index (χ1n) is 5.29. The lowest BCUT2D eigenvalue weighted by Gasteiger charge is -2.11. The summed E-state index contributed by atoms with van der Waals surface area (Å²) in [5, 5.41) is 12.7. The van der Waals surface area contributed by atoms with Crippen molar-refractivity contribution < 1.29 is 5.11 Å². The average molecular weight is 332 g/mol. The van der Waals surface area contributed by atoms with E-state index in [1.54, 1.807) is 11.3 Å². The molecule has 0 aliphatic rings. The topological polar surface area (TPSA) is 20.2 Å². The molecule has 4 heteroatoms. The fraction of sp³-hybridized carbons (Fsp3) is 0.231. The van der Waals surface area contributed by atoms with Crippen molar-refractivity contribution in [3.63, 3.8) is 0 Å². The molecule has 1 nitrogen and oxygen atoms in total. The molecule has 1 heterocycles. The Balaban J connectivity index is 2.00. The van der Waals surface area contributed by atoms with Crippen molar-refractivity contribution in [3.8, 4) is 0 Å². The van der Waals surface area contributed by atoms with Gasteiger partial charge in [0, 0.05) is 27.2 Å². The van der Waals surface area contributed by atoms with Crippen LogP contribution in [0.15, 0.2) is 40.2 Å². The van der Waals surface area contributed by atoms with Crippen LogP contribution in [0.2, 0.25) is 5.02 Å². The van der Waals surface area contributed by atoms with Gasteiger partial charge in [0.2, 0.25) is 0 Å². The minimum atomic E-state index is -0.382. The second kappa shape index (κ2) is 6.01. The number of rotatable bonds is 4. The third-order valence-electron chi connectivity index (χ3n) is 2.49. The van der Waals surface area contributed by atoms with Crippen LogP contribution in [-0.2, 0) is 12.8 Å². The number of aliphatic hydroxyl groups is 1. The van der Waals surface area contributed by atoms with Crippen LogP contribution in [-0.4, -0.2) is 11.2 Å². The predicted molar refractivity (Wildman–Crippen MR) is 76.9 cm³/mol. The SMILES string of the molecule is OC(Cc1cccs1)Cc1ccc(Br)cc1Cl. The Kier molecular flexibility index (Phi) is 4.62. The van der Waals surface area contributed by atoms with Gasteiger partial charge in [-0.3, -0.25) is 0 Å². The van der Waals surface area contributed by atoms with Crippen molar-refractivity contribution in [1.82, 2.24) is 0 Å². The smallest absolute Gasteiger partial charge is 0.0629 e. The molecule has 0 fully saturated rings. The zero-order valence-electron chi connectivity index (χ0n) is 9.07. The molecule has 0 saturated heterocycles. The second-order valence-corrected chi connectivity index (χ2v) is 6.23. The molecule has 1 aromatic carbocycles. The van der Waals surface area contributed by atoms with Gasteiger partial charge in [-0.1, -0.05) is 39.7 Å². The molecule has 0 bridgehead atoms. The Morgan fingerprint density at radius 1 is 1.29 bits per heavy atom. The Morgan fingerprint density at radius 2 is 2.12 bits per heavy atom. The summed E-state index contributed by atoms with van der Waals surface area (Å²) in [5.41, 5.74) is 0.985. The highest BCUT2D eigenvalue weighted by Gasteiger charge is 2.10. The van der Waals surface area contributed by atoms with Gasteiger partial charge in [0.15, 0.2) is 0 Å². The third-order valence-corrected chi connectivity index (χ3v) is 4.23. The van der Waals surface area contributed by atoms with Gasteiger partial charge in [0.25, 0.3) is 0 Å². The molecule has 1 atom stereocenters. The maximum absolute atomic E-state index is 10.0. The Morgan fingerprint density at radius 3 is 2.76 bits per heavy atom. The summed E-state index contributed by atoms with van der Waals surface area (Å²) >= 11 is 11.2. The maximum Gasteiger partial charge on any atom is 0.0629 e. The minimum absolute atomic E-state index is 0.382. The van der Waals surface area contributed by atoms with Gasteiger partial charge < -0.3 is 5.11 Å². The fourth-order valence-electron chi connectivity index (χ4n) is 1.67. The van der Waals surface area contributed by atoms with Crippen LogP contribution in [0.5, 0.6) is 0 Å². The number of benzene rings is 1. The molecular formula is C13H12BrClOS. The third kappa shape index (κ3) is 3.81. The van der Waals surface area contributed by atoms with Gasteiger partial charge in [-0.15, -0.1) is 11.3 Å². The first-order chi connectivity index (χ1) is 8.15. The highest BCUT2D eigenvalue weighted by Crippen LogP contribution is 2.23. The first kappa shape index (κ1) is 13.1. The van der Waals surface area contributed by atoms with Crippen LogP contribution in [0.1, 0.15) is 10.4 Å². The van der Waals surface area contributed by atoms with Crippen molar-refractivity contribution >= 4 is 38.9 Å². The minimum Gasteiger partial charge on any atom is -0.392 e. The highest BCUT2D eigenvalue weighted by atomic mass is 79.9. The van der Waals surface area contributed by atoms with Gasteiger partial charge >= 0.3 is 0 Å². The molecule has 0 radical (unpaired) electrons. The van der Waals surface area contributed by atoms with E-state index >= 15 is 0 Å². The summed E-state index contributed by atoms with van der Waals surface area (Å²) < 4.78 is 0.957. The Hall–Kier alpha value is -0.350. The molecule has 0 saturated carbocycles. The van der Waals surface area contributed by atoms with E-state index in [1.165, 1.54) is 4.88 Å². The lowest BCUT2D eigenvalue weighted by Crippen LogP contribution is -2.13. The van der Waals surface area contributed by atoms with Crippen LogP contribution in [0, 0.1) is 0 Å². The molecule has 0 amide bonds. The fourth-order valence-corrected chi connectivity index (χ4v) is 3.20. The normalized spacial score (nSPS) is 12.6. The number of thiophene rings is 1. The van der Waals surface area contributed by atoms with E-state index < -0.39 is 0 Å². The van der Waals surface area contributed by atoms with Gasteiger partial charge in [-0.25, -0.2) is 0 Å². The Labute approximate surface area is 118 Å². The summed E-state index contributed by atoms with van der Waals surface area (Å²) in [4.78, 5) is 1.20. The molecule has 1 N–H and O–H groups in total. The molecule has 0 aliphatic carbocycles. The maximum atomic E-state index is 10.0. The standard InChI is InChI=1S/C13H12BrClOS/c14-10-4-3-9(13(15)7-10)6-11(16)8-12-2-1-5-17-12/h1-5,7,11,16H,6,8H2. The molecule has 90 valence electrons. The first-order valence-corrected chi connectivity index (χ1v) is 7.34. The van der Waals surface area contributed by atoms with E-state index in [9.17, 15) is 5.11 Å². The zero-order valence-corrected chi connectivity index (χ0v) is 12.2. The lowest BCUT2D eigenvalue weighted by molar-refractivity contribution is 0.176. The summed E-state index contributed by atoms with van der Waals surface area (Å²) in [6.45, 7) is 0. The summed E-state index contributed by atoms with van der Waals surface area (Å²) in [6.07, 6.45) is 0.890. The van der Waals surface area contributed by atoms with Gasteiger partial charge in [-0.05, 0) is 29.1 Å². The van der Waals surface area contributed by atoms with Crippen LogP contribution in [0.25, 0.3) is 0 Å². The molecule has 1 aromatic heterocycles. The van der Waals surface area contributed by atoms with Crippen molar-refractivity contribution in [3.05, 3.63) is 55.6 Å². The monoisotopic (exact) mass is 330 g/mol. The van der Waals surface area contributed by atoms with E-state index in [0.717, 1.165) is 10.0 Å². The summed E-state index contributed by atoms with van der Waals surface area (Å²) in [6, 6.07) is 9.79. The number of halogens is 2. The van der Waals surface area contributed by atoms with Gasteiger partial charge in [0.05, 0.1) is 6.10 Å². The van der Waals surface area contributed by atoms with Crippen LogP contribution in [0.3, 0.4) is 0 Å². The van der Waals surface area contributed by atoms with E-state index in [0.29, 0.717) is 17.9 Å². The number of hydrogen-bond acceptors (Lipinski definition) is 2. The summed E-state index contributed by atoms with van der Waals surface area (Å²) in [7, 11) is 0. The molecular weight excluding hydrogens is 320 g/mol. The molecule has 0 aliphatic heterocycles. The number of aliphatic hydroxyl groups excluding tert-OH is 1. The van der Waals surface area contributed by atoms with E-state index in [2.05, 4.69) is 15.9 Å². The zero-order chi connectivity index (χ0) is 12.3. The van der Waals surface area contributed by atoms with Crippen LogP contribution < -0.4 is 0 Å². The number of hydrogen-bond donors (Lipinski definition) is 1. The summed E-state index contributed by atoms with van der Waals surface area (Å²) in [5.74, 6) is 0. The van der Waals surface area contributed by atoms with Crippen molar-refractivity contribution in [1.29, 1.82) is 0 Å². The highest BCUT2D eigenvalue weighted by molar-refractivity contribution is 9.10. The van der Waals surface area contributed by atoms with E-state index in [1.807, 2.05) is 35.7 Å². The van der Waals surface area contributed by atoms with E-state index in [4.69, 9.17) is 11.6 Å². The average Bonchev–Trinajstić information content (AvgIpc) is 2.75. The van der Waals surface area contributed by atoms with Crippen molar-refractivity contribution in [2.24, 2.45) is 0 Å². The molecule has 2 rings (SSSR count). The van der Waals surface area contributed by atoms with Gasteiger partial charge in [-0.2, -0.15) is 0 Å². The second-order valence-electron chi connectivity index (χ2n) is 3.88. The van der Waals surface area contributed by atoms with Crippen LogP contribution >= 0.6 is 38.9 Å². The lowest BCUT2D eigenvalue weighted by atomic mass is 10.1. The Bertz CT molecular complexity index is 484.